The Labute approximate surface area is 170 Å². The number of hydrogen-bond acceptors (Lipinski definition) is 2. The first-order valence-corrected chi connectivity index (χ1v) is 9.55. The van der Waals surface area contributed by atoms with Crippen molar-refractivity contribution >= 4 is 29.2 Å². The number of alkyl halides is 3. The van der Waals surface area contributed by atoms with Gasteiger partial charge in [-0.2, -0.15) is 13.2 Å². The highest BCUT2D eigenvalue weighted by molar-refractivity contribution is 6.32. The number of carbonyl (C=O) groups is 1. The average Bonchev–Trinajstić information content (AvgIpc) is 2.64. The van der Waals surface area contributed by atoms with Gasteiger partial charge in [0.15, 0.2) is 0 Å². The van der Waals surface area contributed by atoms with Crippen molar-refractivity contribution in [2.75, 3.05) is 6.54 Å². The zero-order valence-corrected chi connectivity index (χ0v) is 16.2. The average molecular weight is 432 g/mol. The Morgan fingerprint density at radius 1 is 1.07 bits per heavy atom. The van der Waals surface area contributed by atoms with E-state index in [2.05, 4.69) is 0 Å². The molecule has 1 fully saturated rings. The quantitative estimate of drug-likeness (QED) is 0.641. The molecule has 2 atom stereocenters. The lowest BCUT2D eigenvalue weighted by atomic mass is 9.90. The first-order valence-electron chi connectivity index (χ1n) is 8.79. The van der Waals surface area contributed by atoms with Gasteiger partial charge in [0.05, 0.1) is 11.6 Å². The second-order valence-corrected chi connectivity index (χ2v) is 7.56. The number of likely N-dealkylation sites (tertiary alicyclic amines) is 1. The summed E-state index contributed by atoms with van der Waals surface area (Å²) in [5, 5.41) is 10.2. The van der Waals surface area contributed by atoms with E-state index < -0.39 is 29.8 Å². The molecule has 150 valence electrons. The predicted molar refractivity (Wildman–Crippen MR) is 102 cm³/mol. The fourth-order valence-corrected chi connectivity index (χ4v) is 4.14. The molecule has 1 heterocycles. The highest BCUT2D eigenvalue weighted by Crippen LogP contribution is 2.42. The number of rotatable bonds is 4. The minimum atomic E-state index is -4.54. The Morgan fingerprint density at radius 2 is 1.75 bits per heavy atom. The highest BCUT2D eigenvalue weighted by Gasteiger charge is 2.38. The van der Waals surface area contributed by atoms with Crippen LogP contribution in [-0.2, 0) is 11.0 Å². The molecule has 0 bridgehead atoms. The molecule has 1 saturated heterocycles. The molecule has 3 rings (SSSR count). The Morgan fingerprint density at radius 3 is 2.39 bits per heavy atom. The zero-order valence-electron chi connectivity index (χ0n) is 14.7. The Bertz CT molecular complexity index is 873. The molecule has 2 unspecified atom stereocenters. The van der Waals surface area contributed by atoms with Crippen LogP contribution in [-0.4, -0.2) is 28.6 Å². The molecule has 0 amide bonds. The Balaban J connectivity index is 2.20. The van der Waals surface area contributed by atoms with Gasteiger partial charge in [-0.25, -0.2) is 0 Å². The fraction of sp³-hybridized carbons (Fsp3) is 0.350. The molecule has 0 spiro atoms. The van der Waals surface area contributed by atoms with Crippen molar-refractivity contribution in [2.24, 2.45) is 0 Å². The van der Waals surface area contributed by atoms with E-state index in [4.69, 9.17) is 23.2 Å². The van der Waals surface area contributed by atoms with Gasteiger partial charge >= 0.3 is 12.1 Å². The maximum atomic E-state index is 13.3. The van der Waals surface area contributed by atoms with E-state index in [0.29, 0.717) is 23.6 Å². The van der Waals surface area contributed by atoms with Crippen LogP contribution in [0.3, 0.4) is 0 Å². The van der Waals surface area contributed by atoms with E-state index in [9.17, 15) is 23.1 Å². The third-order valence-electron chi connectivity index (χ3n) is 4.98. The van der Waals surface area contributed by atoms with E-state index in [1.165, 1.54) is 6.07 Å². The molecule has 1 aliphatic rings. The van der Waals surface area contributed by atoms with Gasteiger partial charge in [0.2, 0.25) is 0 Å². The van der Waals surface area contributed by atoms with Crippen LogP contribution in [0.1, 0.15) is 42.0 Å². The third-order valence-corrected chi connectivity index (χ3v) is 5.67. The number of benzene rings is 2. The molecule has 0 radical (unpaired) electrons. The largest absolute Gasteiger partial charge is 0.480 e. The van der Waals surface area contributed by atoms with Crippen molar-refractivity contribution < 1.29 is 23.1 Å². The van der Waals surface area contributed by atoms with Crippen LogP contribution in [0, 0.1) is 0 Å². The van der Waals surface area contributed by atoms with Crippen LogP contribution in [0.2, 0.25) is 10.0 Å². The van der Waals surface area contributed by atoms with Gasteiger partial charge < -0.3 is 5.11 Å². The number of carboxylic acid groups (broad SMARTS) is 1. The van der Waals surface area contributed by atoms with Crippen LogP contribution in [0.4, 0.5) is 13.2 Å². The number of piperidine rings is 1. The summed E-state index contributed by atoms with van der Waals surface area (Å²) in [6.07, 6.45) is -2.66. The van der Waals surface area contributed by atoms with E-state index >= 15 is 0 Å². The van der Waals surface area contributed by atoms with Crippen molar-refractivity contribution in [1.82, 2.24) is 4.90 Å². The first-order chi connectivity index (χ1) is 13.2. The number of hydrogen-bond donors (Lipinski definition) is 1. The lowest BCUT2D eigenvalue weighted by Crippen LogP contribution is -2.47. The Hall–Kier alpha value is -1.76. The summed E-state index contributed by atoms with van der Waals surface area (Å²) in [4.78, 5) is 13.5. The Kier molecular flexibility index (Phi) is 6.22. The molecule has 3 nitrogen and oxygen atoms in total. The van der Waals surface area contributed by atoms with E-state index in [-0.39, 0.29) is 10.6 Å². The van der Waals surface area contributed by atoms with Crippen LogP contribution in [0.5, 0.6) is 0 Å². The SMILES string of the molecule is O=C(O)C1CCCCN1C(c1ccccc1Cl)c1cc(C(F)(F)F)ccc1Cl. The fourth-order valence-electron chi connectivity index (χ4n) is 3.68. The van der Waals surface area contributed by atoms with Crippen molar-refractivity contribution in [2.45, 2.75) is 37.5 Å². The van der Waals surface area contributed by atoms with E-state index in [0.717, 1.165) is 25.0 Å². The summed E-state index contributed by atoms with van der Waals surface area (Å²) in [5.74, 6) is -1.01. The lowest BCUT2D eigenvalue weighted by Gasteiger charge is -2.40. The van der Waals surface area contributed by atoms with Crippen LogP contribution >= 0.6 is 23.2 Å². The highest BCUT2D eigenvalue weighted by atomic mass is 35.5. The van der Waals surface area contributed by atoms with Crippen LogP contribution < -0.4 is 0 Å². The molecule has 0 saturated carbocycles. The second kappa shape index (κ2) is 8.31. The van der Waals surface area contributed by atoms with Crippen molar-refractivity contribution in [3.8, 4) is 0 Å². The minimum Gasteiger partial charge on any atom is -0.480 e. The van der Waals surface area contributed by atoms with Crippen molar-refractivity contribution in [3.05, 3.63) is 69.2 Å². The monoisotopic (exact) mass is 431 g/mol. The van der Waals surface area contributed by atoms with Gasteiger partial charge in [0, 0.05) is 10.0 Å². The van der Waals surface area contributed by atoms with Gasteiger partial charge in [-0.1, -0.05) is 47.8 Å². The molecule has 8 heteroatoms. The molecule has 2 aromatic carbocycles. The maximum absolute atomic E-state index is 13.3. The molecule has 1 N–H and O–H groups in total. The van der Waals surface area contributed by atoms with Gasteiger partial charge in [-0.05, 0) is 54.8 Å². The molecular weight excluding hydrogens is 414 g/mol. The van der Waals surface area contributed by atoms with Gasteiger partial charge in [-0.3, -0.25) is 9.69 Å². The number of nitrogens with zero attached hydrogens (tertiary/aromatic N) is 1. The molecule has 2 aromatic rings. The summed E-state index contributed by atoms with van der Waals surface area (Å²) in [7, 11) is 0. The standard InChI is InChI=1S/C20H18Cl2F3NO2/c21-15-6-2-1-5-13(15)18(26-10-4-3-7-17(26)19(27)28)14-11-12(20(23,24)25)8-9-16(14)22/h1-2,5-6,8-9,11,17-18H,3-4,7,10H2,(H,27,28). The summed E-state index contributed by atoms with van der Waals surface area (Å²) in [5.41, 5.74) is -0.121. The van der Waals surface area contributed by atoms with Gasteiger partial charge in [0.1, 0.15) is 6.04 Å². The van der Waals surface area contributed by atoms with Gasteiger partial charge in [-0.15, -0.1) is 0 Å². The second-order valence-electron chi connectivity index (χ2n) is 6.75. The minimum absolute atomic E-state index is 0.132. The summed E-state index contributed by atoms with van der Waals surface area (Å²) >= 11 is 12.7. The number of halogens is 5. The summed E-state index contributed by atoms with van der Waals surface area (Å²) < 4.78 is 39.9. The van der Waals surface area contributed by atoms with Crippen molar-refractivity contribution in [3.63, 3.8) is 0 Å². The molecule has 28 heavy (non-hydrogen) atoms. The maximum Gasteiger partial charge on any atom is 0.416 e. The molecule has 0 aromatic heterocycles. The van der Waals surface area contributed by atoms with Crippen LogP contribution in [0.25, 0.3) is 0 Å². The predicted octanol–water partition coefficient (Wildman–Crippen LogP) is 6.04. The lowest BCUT2D eigenvalue weighted by molar-refractivity contribution is -0.145. The van der Waals surface area contributed by atoms with Gasteiger partial charge in [0.25, 0.3) is 0 Å². The number of carboxylic acids is 1. The summed E-state index contributed by atoms with van der Waals surface area (Å²) in [6.45, 7) is 0.416. The smallest absolute Gasteiger partial charge is 0.416 e. The topological polar surface area (TPSA) is 40.5 Å². The van der Waals surface area contributed by atoms with E-state index in [1.54, 1.807) is 29.2 Å². The molecule has 0 aliphatic carbocycles. The molecule has 1 aliphatic heterocycles. The normalized spacial score (nSPS) is 19.4. The van der Waals surface area contributed by atoms with Crippen molar-refractivity contribution in [1.29, 1.82) is 0 Å². The number of aliphatic carboxylic acids is 1. The molecular formula is C20H18Cl2F3NO2. The zero-order chi connectivity index (χ0) is 20.5. The first kappa shape index (κ1) is 21.0. The van der Waals surface area contributed by atoms with E-state index in [1.807, 2.05) is 0 Å². The third kappa shape index (κ3) is 4.29. The summed E-state index contributed by atoms with van der Waals surface area (Å²) in [6, 6.07) is 8.22. The van der Waals surface area contributed by atoms with Crippen LogP contribution in [0.15, 0.2) is 42.5 Å².